The number of ether oxygens (including phenoxy) is 1. The van der Waals surface area contributed by atoms with E-state index in [0.717, 1.165) is 16.8 Å². The summed E-state index contributed by atoms with van der Waals surface area (Å²) in [7, 11) is 0. The molecule has 0 bridgehead atoms. The van der Waals surface area contributed by atoms with Gasteiger partial charge in [0.25, 0.3) is 5.56 Å². The van der Waals surface area contributed by atoms with Crippen molar-refractivity contribution in [2.24, 2.45) is 5.10 Å². The Bertz CT molecular complexity index is 1490. The first-order chi connectivity index (χ1) is 16.7. The lowest BCUT2D eigenvalue weighted by Gasteiger charge is -2.12. The zero-order chi connectivity index (χ0) is 25.2. The fraction of sp³-hybridized carbons (Fsp3) is 0.0800. The molecule has 1 aromatic heterocycles. The number of hydrogen-bond donors (Lipinski definition) is 0. The minimum atomic E-state index is -4.55. The van der Waals surface area contributed by atoms with E-state index in [0.29, 0.717) is 32.4 Å². The van der Waals surface area contributed by atoms with E-state index in [1.165, 1.54) is 18.3 Å². The first kappa shape index (κ1) is 24.9. The fourth-order valence-electron chi connectivity index (χ4n) is 3.31. The van der Waals surface area contributed by atoms with E-state index in [-0.39, 0.29) is 16.8 Å². The minimum absolute atomic E-state index is 0.0138. The lowest BCUT2D eigenvalue weighted by molar-refractivity contribution is -0.137. The smallest absolute Gasteiger partial charge is 0.416 e. The van der Waals surface area contributed by atoms with Crippen molar-refractivity contribution in [3.05, 3.63) is 104 Å². The van der Waals surface area contributed by atoms with Crippen LogP contribution in [-0.4, -0.2) is 22.5 Å². The number of para-hydroxylation sites is 1. The zero-order valence-corrected chi connectivity index (χ0v) is 21.1. The summed E-state index contributed by atoms with van der Waals surface area (Å²) in [5.74, 6) is 0.552. The van der Waals surface area contributed by atoms with Crippen LogP contribution in [0.2, 0.25) is 0 Å². The average molecular weight is 607 g/mol. The van der Waals surface area contributed by atoms with Crippen LogP contribution in [0.4, 0.5) is 13.2 Å². The van der Waals surface area contributed by atoms with Crippen molar-refractivity contribution in [2.75, 3.05) is 6.61 Å². The topological polar surface area (TPSA) is 56.5 Å². The second kappa shape index (κ2) is 10.2. The van der Waals surface area contributed by atoms with Gasteiger partial charge in [-0.25, -0.2) is 4.98 Å². The first-order valence-corrected chi connectivity index (χ1v) is 11.7. The number of hydrogen-bond acceptors (Lipinski definition) is 4. The molecule has 4 aromatic rings. The van der Waals surface area contributed by atoms with E-state index in [2.05, 4.69) is 48.5 Å². The third-order valence-corrected chi connectivity index (χ3v) is 6.07. The van der Waals surface area contributed by atoms with Gasteiger partial charge in [-0.3, -0.25) is 4.79 Å². The molecule has 10 heteroatoms. The number of halogens is 5. The van der Waals surface area contributed by atoms with Crippen LogP contribution in [-0.2, 0) is 6.18 Å². The van der Waals surface area contributed by atoms with Gasteiger partial charge < -0.3 is 4.74 Å². The molecule has 3 aromatic carbocycles. The molecule has 0 aliphatic rings. The molecule has 1 heterocycles. The molecule has 0 saturated heterocycles. The second-order valence-electron chi connectivity index (χ2n) is 7.31. The molecule has 0 amide bonds. The van der Waals surface area contributed by atoms with E-state index < -0.39 is 17.3 Å². The van der Waals surface area contributed by atoms with Gasteiger partial charge in [0, 0.05) is 5.56 Å². The summed E-state index contributed by atoms with van der Waals surface area (Å²) in [6, 6.07) is 14.7. The van der Waals surface area contributed by atoms with Gasteiger partial charge in [0.1, 0.15) is 12.4 Å². The van der Waals surface area contributed by atoms with Crippen molar-refractivity contribution in [1.82, 2.24) is 9.66 Å². The van der Waals surface area contributed by atoms with E-state index in [1.807, 2.05) is 0 Å². The summed E-state index contributed by atoms with van der Waals surface area (Å²) in [5, 5.41) is 4.59. The molecule has 5 nitrogen and oxygen atoms in total. The van der Waals surface area contributed by atoms with Crippen LogP contribution in [0.1, 0.15) is 11.1 Å². The number of benzene rings is 3. The Labute approximate surface area is 214 Å². The molecule has 0 saturated carbocycles. The highest BCUT2D eigenvalue weighted by atomic mass is 79.9. The van der Waals surface area contributed by atoms with E-state index >= 15 is 0 Å². The Morgan fingerprint density at radius 2 is 1.77 bits per heavy atom. The van der Waals surface area contributed by atoms with Crippen molar-refractivity contribution in [1.29, 1.82) is 0 Å². The van der Waals surface area contributed by atoms with Gasteiger partial charge >= 0.3 is 6.18 Å². The maximum atomic E-state index is 13.3. The van der Waals surface area contributed by atoms with Gasteiger partial charge in [0.2, 0.25) is 0 Å². The molecule has 0 aliphatic heterocycles. The number of aromatic nitrogens is 2. The zero-order valence-electron chi connectivity index (χ0n) is 17.9. The summed E-state index contributed by atoms with van der Waals surface area (Å²) in [6.07, 6.45) is -1.51. The molecular weight excluding hydrogens is 591 g/mol. The molecule has 0 unspecified atom stereocenters. The van der Waals surface area contributed by atoms with Crippen LogP contribution >= 0.6 is 31.9 Å². The molecular formula is C25H16Br2F3N3O2. The largest absolute Gasteiger partial charge is 0.487 e. The standard InChI is InChI=1S/C25H16Br2F3N3O2/c1-2-10-35-22-19(26)11-15(12-20(22)27)14-31-33-23(16-6-5-7-17(13-16)25(28,29)30)32-21-9-4-3-8-18(21)24(33)34/h2-9,11-14H,1,10H2. The Morgan fingerprint density at radius 3 is 2.46 bits per heavy atom. The van der Waals surface area contributed by atoms with Crippen molar-refractivity contribution in [3.63, 3.8) is 0 Å². The van der Waals surface area contributed by atoms with Gasteiger partial charge in [-0.2, -0.15) is 22.9 Å². The molecule has 4 rings (SSSR count). The third kappa shape index (κ3) is 5.38. The van der Waals surface area contributed by atoms with Crippen molar-refractivity contribution in [3.8, 4) is 17.1 Å². The highest BCUT2D eigenvalue weighted by Gasteiger charge is 2.31. The van der Waals surface area contributed by atoms with Crippen LogP contribution < -0.4 is 10.3 Å². The maximum Gasteiger partial charge on any atom is 0.416 e. The Morgan fingerprint density at radius 1 is 1.06 bits per heavy atom. The molecule has 0 radical (unpaired) electrons. The van der Waals surface area contributed by atoms with Crippen LogP contribution in [0.3, 0.4) is 0 Å². The summed E-state index contributed by atoms with van der Waals surface area (Å²) in [4.78, 5) is 17.7. The molecule has 0 N–H and O–H groups in total. The highest BCUT2D eigenvalue weighted by Crippen LogP contribution is 2.35. The SMILES string of the molecule is C=CCOc1c(Br)cc(C=Nn2c(-c3cccc(C(F)(F)F)c3)nc3ccccc3c2=O)cc1Br. The normalized spacial score (nSPS) is 11.8. The number of nitrogens with zero attached hydrogens (tertiary/aromatic N) is 3. The lowest BCUT2D eigenvalue weighted by atomic mass is 10.1. The van der Waals surface area contributed by atoms with Crippen molar-refractivity contribution >= 4 is 49.0 Å². The van der Waals surface area contributed by atoms with Crippen molar-refractivity contribution in [2.45, 2.75) is 6.18 Å². The maximum absolute atomic E-state index is 13.3. The molecule has 0 fully saturated rings. The highest BCUT2D eigenvalue weighted by molar-refractivity contribution is 9.11. The predicted octanol–water partition coefficient (Wildman–Crippen LogP) is 7.05. The molecule has 178 valence electrons. The number of fused-ring (bicyclic) bond motifs is 1. The Balaban J connectivity index is 1.86. The summed E-state index contributed by atoms with van der Waals surface area (Å²) >= 11 is 6.88. The van der Waals surface area contributed by atoms with Crippen LogP contribution in [0.5, 0.6) is 5.75 Å². The van der Waals surface area contributed by atoms with Gasteiger partial charge in [0.15, 0.2) is 5.82 Å². The van der Waals surface area contributed by atoms with Crippen LogP contribution in [0.15, 0.2) is 92.2 Å². The molecule has 0 atom stereocenters. The fourth-order valence-corrected chi connectivity index (χ4v) is 4.76. The monoisotopic (exact) mass is 605 g/mol. The summed E-state index contributed by atoms with van der Waals surface area (Å²) in [5.41, 5.74) is -0.301. The van der Waals surface area contributed by atoms with Gasteiger partial charge in [-0.1, -0.05) is 36.9 Å². The van der Waals surface area contributed by atoms with E-state index in [4.69, 9.17) is 4.74 Å². The number of alkyl halides is 3. The summed E-state index contributed by atoms with van der Waals surface area (Å²) < 4.78 is 47.9. The van der Waals surface area contributed by atoms with E-state index in [1.54, 1.807) is 42.5 Å². The lowest BCUT2D eigenvalue weighted by Crippen LogP contribution is -2.20. The van der Waals surface area contributed by atoms with E-state index in [9.17, 15) is 18.0 Å². The number of rotatable bonds is 6. The van der Waals surface area contributed by atoms with Gasteiger partial charge in [-0.15, -0.1) is 0 Å². The second-order valence-corrected chi connectivity index (χ2v) is 9.01. The predicted molar refractivity (Wildman–Crippen MR) is 137 cm³/mol. The van der Waals surface area contributed by atoms with Crippen LogP contribution in [0, 0.1) is 0 Å². The van der Waals surface area contributed by atoms with Gasteiger partial charge in [-0.05, 0) is 73.8 Å². The summed E-state index contributed by atoms with van der Waals surface area (Å²) in [6.45, 7) is 3.93. The third-order valence-electron chi connectivity index (χ3n) is 4.89. The first-order valence-electron chi connectivity index (χ1n) is 10.2. The van der Waals surface area contributed by atoms with Gasteiger partial charge in [0.05, 0.1) is 31.6 Å². The molecule has 0 spiro atoms. The minimum Gasteiger partial charge on any atom is -0.487 e. The van der Waals surface area contributed by atoms with Crippen molar-refractivity contribution < 1.29 is 17.9 Å². The molecule has 0 aliphatic carbocycles. The van der Waals surface area contributed by atoms with Crippen LogP contribution in [0.25, 0.3) is 22.3 Å². The Kier molecular flexibility index (Phi) is 7.23. The quantitative estimate of drug-likeness (QED) is 0.174. The average Bonchev–Trinajstić information content (AvgIpc) is 2.82. The molecule has 35 heavy (non-hydrogen) atoms. The Hall–Kier alpha value is -3.24.